The number of likely N-dealkylation sites (N-methyl/N-ethyl adjacent to an activating group) is 1. The van der Waals surface area contributed by atoms with Crippen molar-refractivity contribution in [3.05, 3.63) is 0 Å². The van der Waals surface area contributed by atoms with E-state index in [4.69, 9.17) is 5.11 Å². The minimum absolute atomic E-state index is 0.00540. The maximum atomic E-state index is 12.4. The van der Waals surface area contributed by atoms with Crippen LogP contribution in [0.5, 0.6) is 0 Å². The molecule has 2 rings (SSSR count). The molecule has 144 valence electrons. The largest absolute Gasteiger partial charge is 0.480 e. The molecule has 1 heterocycles. The van der Waals surface area contributed by atoms with Crippen molar-refractivity contribution >= 4 is 12.0 Å². The van der Waals surface area contributed by atoms with E-state index in [0.29, 0.717) is 45.3 Å². The molecule has 6 nitrogen and oxygen atoms in total. The lowest BCUT2D eigenvalue weighted by Gasteiger charge is -2.43. The third-order valence-electron chi connectivity index (χ3n) is 5.12. The van der Waals surface area contributed by atoms with Crippen LogP contribution in [0.3, 0.4) is 0 Å². The number of rotatable bonds is 6. The van der Waals surface area contributed by atoms with Gasteiger partial charge in [-0.05, 0) is 38.1 Å². The number of hydrogen-bond acceptors (Lipinski definition) is 3. The van der Waals surface area contributed by atoms with Gasteiger partial charge in [-0.1, -0.05) is 6.92 Å². The number of carbonyl (C=O) groups is 2. The fourth-order valence-corrected chi connectivity index (χ4v) is 3.61. The lowest BCUT2D eigenvalue weighted by molar-refractivity contribution is -0.147. The van der Waals surface area contributed by atoms with Gasteiger partial charge in [-0.15, -0.1) is 0 Å². The maximum absolute atomic E-state index is 12.4. The quantitative estimate of drug-likeness (QED) is 0.758. The molecule has 2 amide bonds. The summed E-state index contributed by atoms with van der Waals surface area (Å²) in [5.74, 6) is -1.26. The average Bonchev–Trinajstić information content (AvgIpc) is 2.47. The number of aliphatic carboxylic acids is 1. The molecule has 0 unspecified atom stereocenters. The van der Waals surface area contributed by atoms with Crippen molar-refractivity contribution in [2.45, 2.75) is 57.3 Å². The van der Waals surface area contributed by atoms with E-state index in [9.17, 15) is 22.8 Å². The standard InChI is InChI=1S/C16H26F3N3O3/c1-2-21(10-14(23)24)13-7-12(8-13)20-15(25)22-5-3-11(4-6-22)9-16(17,18)19/h11-13H,2-10H2,1H3,(H,20,25)(H,23,24). The number of carboxylic acids is 1. The van der Waals surface area contributed by atoms with Crippen LogP contribution in [0, 0.1) is 5.92 Å². The first kappa shape index (κ1) is 19.8. The zero-order valence-electron chi connectivity index (χ0n) is 14.4. The van der Waals surface area contributed by atoms with Crippen LogP contribution >= 0.6 is 0 Å². The highest BCUT2D eigenvalue weighted by Gasteiger charge is 2.37. The second-order valence-corrected chi connectivity index (χ2v) is 6.98. The number of urea groups is 1. The molecule has 0 aromatic carbocycles. The van der Waals surface area contributed by atoms with Crippen LogP contribution in [-0.2, 0) is 4.79 Å². The normalized spacial score (nSPS) is 24.9. The van der Waals surface area contributed by atoms with E-state index in [1.807, 2.05) is 11.8 Å². The first-order valence-electron chi connectivity index (χ1n) is 8.76. The van der Waals surface area contributed by atoms with E-state index in [-0.39, 0.29) is 24.7 Å². The van der Waals surface area contributed by atoms with Crippen LogP contribution in [0.2, 0.25) is 0 Å². The highest BCUT2D eigenvalue weighted by Crippen LogP contribution is 2.31. The minimum atomic E-state index is -4.14. The van der Waals surface area contributed by atoms with Gasteiger partial charge in [0.05, 0.1) is 6.54 Å². The first-order chi connectivity index (χ1) is 11.7. The van der Waals surface area contributed by atoms with E-state index < -0.39 is 24.5 Å². The molecular formula is C16H26F3N3O3. The molecule has 1 aliphatic heterocycles. The van der Waals surface area contributed by atoms with Crippen molar-refractivity contribution in [3.63, 3.8) is 0 Å². The Morgan fingerprint density at radius 3 is 2.32 bits per heavy atom. The second kappa shape index (κ2) is 8.25. The lowest BCUT2D eigenvalue weighted by atomic mass is 9.85. The van der Waals surface area contributed by atoms with Crippen molar-refractivity contribution in [1.82, 2.24) is 15.1 Å². The van der Waals surface area contributed by atoms with Gasteiger partial charge >= 0.3 is 18.2 Å². The Balaban J connectivity index is 1.68. The summed E-state index contributed by atoms with van der Waals surface area (Å²) in [5, 5.41) is 11.8. The lowest BCUT2D eigenvalue weighted by Crippen LogP contribution is -2.57. The minimum Gasteiger partial charge on any atom is -0.480 e. The summed E-state index contributed by atoms with van der Waals surface area (Å²) >= 11 is 0. The number of hydrogen-bond donors (Lipinski definition) is 2. The van der Waals surface area contributed by atoms with E-state index in [2.05, 4.69) is 5.32 Å². The molecule has 0 spiro atoms. The second-order valence-electron chi connectivity index (χ2n) is 6.98. The molecule has 2 fully saturated rings. The monoisotopic (exact) mass is 365 g/mol. The predicted octanol–water partition coefficient (Wildman–Crippen LogP) is 2.30. The Kier molecular flexibility index (Phi) is 6.53. The number of likely N-dealkylation sites (tertiary alicyclic amines) is 1. The zero-order valence-corrected chi connectivity index (χ0v) is 14.4. The van der Waals surface area contributed by atoms with Gasteiger partial charge in [0.25, 0.3) is 0 Å². The van der Waals surface area contributed by atoms with Gasteiger partial charge in [0.15, 0.2) is 0 Å². The molecular weight excluding hydrogens is 339 g/mol. The summed E-state index contributed by atoms with van der Waals surface area (Å²) in [6.07, 6.45) is -2.75. The molecule has 2 N–H and O–H groups in total. The first-order valence-corrected chi connectivity index (χ1v) is 8.76. The van der Waals surface area contributed by atoms with Crippen molar-refractivity contribution in [3.8, 4) is 0 Å². The van der Waals surface area contributed by atoms with Crippen molar-refractivity contribution < 1.29 is 27.9 Å². The van der Waals surface area contributed by atoms with E-state index in [0.717, 1.165) is 0 Å². The van der Waals surface area contributed by atoms with Crippen molar-refractivity contribution in [2.75, 3.05) is 26.2 Å². The molecule has 25 heavy (non-hydrogen) atoms. The number of nitrogens with one attached hydrogen (secondary N) is 1. The molecule has 0 atom stereocenters. The molecule has 0 radical (unpaired) electrons. The van der Waals surface area contributed by atoms with Gasteiger partial charge in [0.2, 0.25) is 0 Å². The van der Waals surface area contributed by atoms with Crippen LogP contribution in [0.1, 0.15) is 39.0 Å². The van der Waals surface area contributed by atoms with E-state index in [1.54, 1.807) is 4.90 Å². The highest BCUT2D eigenvalue weighted by atomic mass is 19.4. The Labute approximate surface area is 145 Å². The molecule has 9 heteroatoms. The molecule has 1 saturated heterocycles. The number of amides is 2. The average molecular weight is 365 g/mol. The Hall–Kier alpha value is -1.51. The fourth-order valence-electron chi connectivity index (χ4n) is 3.61. The van der Waals surface area contributed by atoms with Gasteiger partial charge in [-0.3, -0.25) is 9.69 Å². The van der Waals surface area contributed by atoms with Crippen LogP contribution in [0.4, 0.5) is 18.0 Å². The van der Waals surface area contributed by atoms with Gasteiger partial charge in [-0.2, -0.15) is 13.2 Å². The van der Waals surface area contributed by atoms with Crippen LogP contribution in [0.15, 0.2) is 0 Å². The van der Waals surface area contributed by atoms with Gasteiger partial charge in [-0.25, -0.2) is 4.79 Å². The molecule has 2 aliphatic rings. The van der Waals surface area contributed by atoms with Gasteiger partial charge < -0.3 is 15.3 Å². The third kappa shape index (κ3) is 6.05. The maximum Gasteiger partial charge on any atom is 0.389 e. The van der Waals surface area contributed by atoms with Crippen LogP contribution < -0.4 is 5.32 Å². The molecule has 0 bridgehead atoms. The SMILES string of the molecule is CCN(CC(=O)O)C1CC(NC(=O)N2CCC(CC(F)(F)F)CC2)C1. The molecule has 1 aliphatic carbocycles. The number of alkyl halides is 3. The van der Waals surface area contributed by atoms with Crippen molar-refractivity contribution in [2.24, 2.45) is 5.92 Å². The van der Waals surface area contributed by atoms with Crippen LogP contribution in [-0.4, -0.2) is 71.3 Å². The fraction of sp³-hybridized carbons (Fsp3) is 0.875. The number of carbonyl (C=O) groups excluding carboxylic acids is 1. The number of nitrogens with zero attached hydrogens (tertiary/aromatic N) is 2. The Morgan fingerprint density at radius 2 is 1.84 bits per heavy atom. The molecule has 0 aromatic rings. The number of carboxylic acid groups (broad SMARTS) is 1. The topological polar surface area (TPSA) is 72.9 Å². The van der Waals surface area contributed by atoms with Crippen LogP contribution in [0.25, 0.3) is 0 Å². The predicted molar refractivity (Wildman–Crippen MR) is 85.2 cm³/mol. The summed E-state index contributed by atoms with van der Waals surface area (Å²) in [6, 6.07) is -0.0626. The summed E-state index contributed by atoms with van der Waals surface area (Å²) < 4.78 is 37.2. The molecule has 0 aromatic heterocycles. The smallest absolute Gasteiger partial charge is 0.389 e. The third-order valence-corrected chi connectivity index (χ3v) is 5.12. The van der Waals surface area contributed by atoms with Crippen molar-refractivity contribution in [1.29, 1.82) is 0 Å². The Morgan fingerprint density at radius 1 is 1.24 bits per heavy atom. The number of halogens is 3. The van der Waals surface area contributed by atoms with Gasteiger partial charge in [0, 0.05) is 31.6 Å². The summed E-state index contributed by atoms with van der Waals surface area (Å²) in [6.45, 7) is 3.24. The van der Waals surface area contributed by atoms with E-state index >= 15 is 0 Å². The van der Waals surface area contributed by atoms with E-state index in [1.165, 1.54) is 0 Å². The summed E-state index contributed by atoms with van der Waals surface area (Å²) in [5.41, 5.74) is 0. The highest BCUT2D eigenvalue weighted by molar-refractivity contribution is 5.74. The summed E-state index contributed by atoms with van der Waals surface area (Å²) in [4.78, 5) is 26.5. The number of piperidine rings is 1. The zero-order chi connectivity index (χ0) is 18.6. The Bertz CT molecular complexity index is 473. The summed E-state index contributed by atoms with van der Waals surface area (Å²) in [7, 11) is 0. The molecule has 1 saturated carbocycles. The van der Waals surface area contributed by atoms with Gasteiger partial charge in [0.1, 0.15) is 0 Å².